The van der Waals surface area contributed by atoms with Crippen LogP contribution in [0, 0.1) is 0 Å². The van der Waals surface area contributed by atoms with Crippen LogP contribution < -0.4 is 0 Å². The molecule has 1 aromatic heterocycles. The Balaban J connectivity index is 2.04. The van der Waals surface area contributed by atoms with Crippen molar-refractivity contribution in [2.75, 3.05) is 6.61 Å². The topological polar surface area (TPSA) is 39.6 Å². The molecule has 0 spiro atoms. The fourth-order valence-electron chi connectivity index (χ4n) is 2.41. The molecule has 3 heterocycles. The molecule has 0 bridgehead atoms. The first kappa shape index (κ1) is 9.81. The maximum absolute atomic E-state index is 5.80. The standard InChI is InChI=1S/C10H13BrN2O2/c1-3-13-8(7(11)4-12-13)10-5-14-6(2)9(10)15-10/h4,6,9H,3,5H2,1-2H3/t6-,9-,10-/m1/s1. The highest BCUT2D eigenvalue weighted by molar-refractivity contribution is 9.10. The normalized spacial score (nSPS) is 38.1. The van der Waals surface area contributed by atoms with Gasteiger partial charge in [-0.15, -0.1) is 0 Å². The van der Waals surface area contributed by atoms with Crippen LogP contribution in [0.15, 0.2) is 10.7 Å². The summed E-state index contributed by atoms with van der Waals surface area (Å²) in [5, 5.41) is 4.31. The molecule has 5 heteroatoms. The summed E-state index contributed by atoms with van der Waals surface area (Å²) in [6.07, 6.45) is 2.22. The second-order valence-corrected chi connectivity index (χ2v) is 4.96. The maximum Gasteiger partial charge on any atom is 0.163 e. The maximum atomic E-state index is 5.80. The van der Waals surface area contributed by atoms with Crippen molar-refractivity contribution in [3.8, 4) is 0 Å². The lowest BCUT2D eigenvalue weighted by Crippen LogP contribution is -2.19. The minimum Gasteiger partial charge on any atom is -0.372 e. The number of rotatable bonds is 2. The van der Waals surface area contributed by atoms with Gasteiger partial charge in [-0.25, -0.2) is 0 Å². The zero-order valence-corrected chi connectivity index (χ0v) is 10.3. The first-order valence-electron chi connectivity index (χ1n) is 5.20. The molecule has 2 saturated heterocycles. The molecule has 4 nitrogen and oxygen atoms in total. The van der Waals surface area contributed by atoms with Gasteiger partial charge in [0.25, 0.3) is 0 Å². The largest absolute Gasteiger partial charge is 0.372 e. The second kappa shape index (κ2) is 3.06. The zero-order chi connectivity index (χ0) is 10.6. The molecule has 0 aliphatic carbocycles. The van der Waals surface area contributed by atoms with E-state index in [0.29, 0.717) is 6.61 Å². The SMILES string of the molecule is CCn1ncc(Br)c1[C@]12CO[C@H](C)[C@H]1O2. The number of fused-ring (bicyclic) bond motifs is 1. The van der Waals surface area contributed by atoms with E-state index in [1.54, 1.807) is 0 Å². The number of halogens is 1. The Morgan fingerprint density at radius 2 is 2.53 bits per heavy atom. The molecule has 3 rings (SSSR count). The molecule has 3 atom stereocenters. The Morgan fingerprint density at radius 1 is 1.73 bits per heavy atom. The van der Waals surface area contributed by atoms with Crippen molar-refractivity contribution < 1.29 is 9.47 Å². The van der Waals surface area contributed by atoms with Crippen LogP contribution in [0.3, 0.4) is 0 Å². The molecule has 0 aromatic carbocycles. The highest BCUT2D eigenvalue weighted by Crippen LogP contribution is 2.54. The summed E-state index contributed by atoms with van der Waals surface area (Å²) in [5.41, 5.74) is 0.893. The molecule has 15 heavy (non-hydrogen) atoms. The van der Waals surface area contributed by atoms with Gasteiger partial charge in [-0.3, -0.25) is 4.68 Å². The van der Waals surface area contributed by atoms with E-state index in [-0.39, 0.29) is 17.8 Å². The van der Waals surface area contributed by atoms with Crippen LogP contribution in [0.5, 0.6) is 0 Å². The van der Waals surface area contributed by atoms with Crippen molar-refractivity contribution in [2.45, 2.75) is 38.2 Å². The van der Waals surface area contributed by atoms with Gasteiger partial charge < -0.3 is 9.47 Å². The molecule has 0 N–H and O–H groups in total. The molecule has 0 amide bonds. The van der Waals surface area contributed by atoms with E-state index in [4.69, 9.17) is 9.47 Å². The molecular weight excluding hydrogens is 260 g/mol. The van der Waals surface area contributed by atoms with Crippen molar-refractivity contribution >= 4 is 15.9 Å². The lowest BCUT2D eigenvalue weighted by atomic mass is 10.0. The number of hydrogen-bond acceptors (Lipinski definition) is 3. The number of nitrogens with zero attached hydrogens (tertiary/aromatic N) is 2. The van der Waals surface area contributed by atoms with E-state index in [9.17, 15) is 0 Å². The predicted octanol–water partition coefficient (Wildman–Crippen LogP) is 1.68. The van der Waals surface area contributed by atoms with Gasteiger partial charge in [-0.2, -0.15) is 5.10 Å². The molecule has 2 aliphatic heterocycles. The van der Waals surface area contributed by atoms with Crippen molar-refractivity contribution in [3.63, 3.8) is 0 Å². The minimum absolute atomic E-state index is 0.192. The van der Waals surface area contributed by atoms with E-state index < -0.39 is 0 Å². The van der Waals surface area contributed by atoms with Gasteiger partial charge in [0.15, 0.2) is 5.60 Å². The van der Waals surface area contributed by atoms with Gasteiger partial charge in [-0.1, -0.05) is 0 Å². The molecule has 82 valence electrons. The van der Waals surface area contributed by atoms with E-state index in [1.165, 1.54) is 0 Å². The van der Waals surface area contributed by atoms with Crippen LogP contribution in [-0.2, 0) is 21.6 Å². The molecule has 2 aliphatic rings. The van der Waals surface area contributed by atoms with E-state index in [0.717, 1.165) is 16.7 Å². The molecule has 0 unspecified atom stereocenters. The van der Waals surface area contributed by atoms with Gasteiger partial charge >= 0.3 is 0 Å². The van der Waals surface area contributed by atoms with Crippen LogP contribution in [0.4, 0.5) is 0 Å². The fourth-order valence-corrected chi connectivity index (χ4v) is 3.04. The van der Waals surface area contributed by atoms with E-state index in [2.05, 4.69) is 34.9 Å². The molecular formula is C10H13BrN2O2. The third kappa shape index (κ3) is 1.17. The summed E-state index contributed by atoms with van der Waals surface area (Å²) in [6, 6.07) is 0. The summed E-state index contributed by atoms with van der Waals surface area (Å²) < 4.78 is 14.4. The Bertz CT molecular complexity index is 406. The summed E-state index contributed by atoms with van der Waals surface area (Å²) in [7, 11) is 0. The Labute approximate surface area is 96.7 Å². The second-order valence-electron chi connectivity index (χ2n) is 4.10. The van der Waals surface area contributed by atoms with Crippen molar-refractivity contribution in [3.05, 3.63) is 16.4 Å². The van der Waals surface area contributed by atoms with Crippen LogP contribution >= 0.6 is 15.9 Å². The average Bonchev–Trinajstić information content (AvgIpc) is 2.72. The zero-order valence-electron chi connectivity index (χ0n) is 8.74. The number of ether oxygens (including phenoxy) is 2. The van der Waals surface area contributed by atoms with Crippen LogP contribution in [0.2, 0.25) is 0 Å². The lowest BCUT2D eigenvalue weighted by molar-refractivity contribution is 0.0169. The fraction of sp³-hybridized carbons (Fsp3) is 0.700. The Kier molecular flexibility index (Phi) is 2.00. The van der Waals surface area contributed by atoms with E-state index in [1.807, 2.05) is 10.9 Å². The highest BCUT2D eigenvalue weighted by Gasteiger charge is 2.67. The van der Waals surface area contributed by atoms with Crippen LogP contribution in [0.1, 0.15) is 19.5 Å². The predicted molar refractivity (Wildman–Crippen MR) is 57.6 cm³/mol. The quantitative estimate of drug-likeness (QED) is 0.770. The minimum atomic E-state index is -0.231. The molecule has 2 fully saturated rings. The average molecular weight is 273 g/mol. The van der Waals surface area contributed by atoms with Crippen LogP contribution in [0.25, 0.3) is 0 Å². The van der Waals surface area contributed by atoms with Crippen molar-refractivity contribution in [1.82, 2.24) is 9.78 Å². The molecule has 0 saturated carbocycles. The monoisotopic (exact) mass is 272 g/mol. The number of aryl methyl sites for hydroxylation is 1. The molecule has 1 aromatic rings. The molecule has 0 radical (unpaired) electrons. The van der Waals surface area contributed by atoms with Crippen molar-refractivity contribution in [1.29, 1.82) is 0 Å². The number of epoxide rings is 1. The van der Waals surface area contributed by atoms with Gasteiger partial charge in [0.2, 0.25) is 0 Å². The third-order valence-corrected chi connectivity index (χ3v) is 3.80. The van der Waals surface area contributed by atoms with Gasteiger partial charge in [-0.05, 0) is 29.8 Å². The smallest absolute Gasteiger partial charge is 0.163 e. The lowest BCUT2D eigenvalue weighted by Gasteiger charge is -2.11. The van der Waals surface area contributed by atoms with Gasteiger partial charge in [0.1, 0.15) is 6.10 Å². The summed E-state index contributed by atoms with van der Waals surface area (Å²) in [6.45, 7) is 5.63. The highest BCUT2D eigenvalue weighted by atomic mass is 79.9. The van der Waals surface area contributed by atoms with Gasteiger partial charge in [0.05, 0.1) is 29.1 Å². The Morgan fingerprint density at radius 3 is 3.07 bits per heavy atom. The number of aromatic nitrogens is 2. The third-order valence-electron chi connectivity index (χ3n) is 3.22. The number of hydrogen-bond donors (Lipinski definition) is 0. The van der Waals surface area contributed by atoms with Crippen molar-refractivity contribution in [2.24, 2.45) is 0 Å². The first-order valence-corrected chi connectivity index (χ1v) is 5.99. The van der Waals surface area contributed by atoms with E-state index >= 15 is 0 Å². The summed E-state index contributed by atoms with van der Waals surface area (Å²) in [5.74, 6) is 0. The first-order chi connectivity index (χ1) is 7.19. The Hall–Kier alpha value is -0.390. The van der Waals surface area contributed by atoms with Gasteiger partial charge in [0, 0.05) is 6.54 Å². The summed E-state index contributed by atoms with van der Waals surface area (Å²) >= 11 is 3.53. The van der Waals surface area contributed by atoms with Crippen LogP contribution in [-0.4, -0.2) is 28.6 Å². The summed E-state index contributed by atoms with van der Waals surface area (Å²) in [4.78, 5) is 0.